The van der Waals surface area contributed by atoms with Crippen molar-refractivity contribution in [3.05, 3.63) is 71.5 Å². The summed E-state index contributed by atoms with van der Waals surface area (Å²) in [5, 5.41) is 1.39. The molecular weight excluding hydrogens is 349 g/mol. The van der Waals surface area contributed by atoms with Crippen LogP contribution in [-0.4, -0.2) is 9.97 Å². The van der Waals surface area contributed by atoms with Gasteiger partial charge in [-0.05, 0) is 18.2 Å². The molecule has 0 amide bonds. The number of aromatic nitrogens is 2. The van der Waals surface area contributed by atoms with Crippen molar-refractivity contribution in [3.8, 4) is 11.1 Å². The lowest BCUT2D eigenvalue weighted by molar-refractivity contribution is -0.140. The quantitative estimate of drug-likeness (QED) is 0.409. The van der Waals surface area contributed by atoms with E-state index in [9.17, 15) is 13.2 Å². The molecule has 0 radical (unpaired) electrons. The molecule has 124 valence electrons. The van der Waals surface area contributed by atoms with Crippen LogP contribution in [0.15, 0.2) is 60.8 Å². The van der Waals surface area contributed by atoms with Crippen LogP contribution in [0, 0.1) is 0 Å². The minimum Gasteiger partial charge on any atom is -0.256 e. The lowest BCUT2D eigenvalue weighted by Crippen LogP contribution is -2.08. The predicted molar refractivity (Wildman–Crippen MR) is 92.5 cm³/mol. The van der Waals surface area contributed by atoms with Crippen LogP contribution in [0.3, 0.4) is 0 Å². The number of hydrogen-bond acceptors (Lipinski definition) is 2. The number of hydrogen-bond donors (Lipinski definition) is 0. The molecule has 2 aromatic carbocycles. The molecule has 4 rings (SSSR count). The highest BCUT2D eigenvalue weighted by Gasteiger charge is 2.33. The summed E-state index contributed by atoms with van der Waals surface area (Å²) in [6.45, 7) is 0. The first-order chi connectivity index (χ1) is 11.9. The molecule has 0 spiro atoms. The van der Waals surface area contributed by atoms with Gasteiger partial charge in [0.05, 0.1) is 16.1 Å². The summed E-state index contributed by atoms with van der Waals surface area (Å²) in [6, 6.07) is 15.4. The standard InChI is InChI=1S/C19H10ClF3N2/c20-15-9-17(19(21,22)23)25-18-13(5-3-6-14(15)18)12-8-11-4-1-2-7-16(11)24-10-12/h1-10H. The Bertz CT molecular complexity index is 1110. The molecular formula is C19H10ClF3N2. The topological polar surface area (TPSA) is 25.8 Å². The first kappa shape index (κ1) is 15.8. The fraction of sp³-hybridized carbons (Fsp3) is 0.0526. The van der Waals surface area contributed by atoms with E-state index in [2.05, 4.69) is 9.97 Å². The molecule has 2 aromatic heterocycles. The van der Waals surface area contributed by atoms with Crippen molar-refractivity contribution in [2.24, 2.45) is 0 Å². The number of alkyl halides is 3. The van der Waals surface area contributed by atoms with Gasteiger partial charge in [0.25, 0.3) is 0 Å². The van der Waals surface area contributed by atoms with E-state index in [4.69, 9.17) is 11.6 Å². The van der Waals surface area contributed by atoms with E-state index in [0.29, 0.717) is 16.5 Å². The summed E-state index contributed by atoms with van der Waals surface area (Å²) < 4.78 is 39.3. The van der Waals surface area contributed by atoms with Gasteiger partial charge in [0.15, 0.2) is 0 Å². The highest BCUT2D eigenvalue weighted by Crippen LogP contribution is 2.36. The Morgan fingerprint density at radius 2 is 1.72 bits per heavy atom. The van der Waals surface area contributed by atoms with Crippen molar-refractivity contribution in [1.29, 1.82) is 0 Å². The molecule has 0 aliphatic rings. The SMILES string of the molecule is FC(F)(F)c1cc(Cl)c2cccc(-c3cnc4ccccc4c3)c2n1. The highest BCUT2D eigenvalue weighted by molar-refractivity contribution is 6.35. The predicted octanol–water partition coefficient (Wildman–Crippen LogP) is 6.12. The summed E-state index contributed by atoms with van der Waals surface area (Å²) in [5.74, 6) is 0. The van der Waals surface area contributed by atoms with Crippen LogP contribution in [-0.2, 0) is 6.18 Å². The van der Waals surface area contributed by atoms with E-state index < -0.39 is 11.9 Å². The number of halogens is 4. The van der Waals surface area contributed by atoms with E-state index in [1.165, 1.54) is 0 Å². The van der Waals surface area contributed by atoms with Crippen molar-refractivity contribution in [2.45, 2.75) is 6.18 Å². The number of benzene rings is 2. The van der Waals surface area contributed by atoms with E-state index >= 15 is 0 Å². The van der Waals surface area contributed by atoms with Crippen molar-refractivity contribution < 1.29 is 13.2 Å². The maximum Gasteiger partial charge on any atom is 0.433 e. The molecule has 0 aliphatic carbocycles. The fourth-order valence-corrected chi connectivity index (χ4v) is 3.06. The second kappa shape index (κ2) is 5.70. The van der Waals surface area contributed by atoms with Gasteiger partial charge in [-0.3, -0.25) is 4.98 Å². The van der Waals surface area contributed by atoms with Crippen molar-refractivity contribution in [2.75, 3.05) is 0 Å². The molecule has 0 saturated heterocycles. The Morgan fingerprint density at radius 1 is 0.920 bits per heavy atom. The normalized spacial score (nSPS) is 12.0. The lowest BCUT2D eigenvalue weighted by atomic mass is 10.0. The number of pyridine rings is 2. The van der Waals surface area contributed by atoms with Crippen molar-refractivity contribution >= 4 is 33.4 Å². The number of nitrogens with zero attached hydrogens (tertiary/aromatic N) is 2. The molecule has 0 fully saturated rings. The summed E-state index contributed by atoms with van der Waals surface area (Å²) >= 11 is 6.07. The van der Waals surface area contributed by atoms with Gasteiger partial charge in [-0.2, -0.15) is 13.2 Å². The molecule has 0 atom stereocenters. The second-order valence-electron chi connectivity index (χ2n) is 5.61. The molecule has 6 heteroatoms. The minimum absolute atomic E-state index is 0.0212. The largest absolute Gasteiger partial charge is 0.433 e. The molecule has 2 nitrogen and oxygen atoms in total. The Kier molecular flexibility index (Phi) is 3.62. The maximum atomic E-state index is 13.1. The third-order valence-electron chi connectivity index (χ3n) is 3.98. The molecule has 2 heterocycles. The first-order valence-corrected chi connectivity index (χ1v) is 7.83. The zero-order chi connectivity index (χ0) is 17.6. The molecule has 25 heavy (non-hydrogen) atoms. The van der Waals surface area contributed by atoms with Crippen LogP contribution < -0.4 is 0 Å². The van der Waals surface area contributed by atoms with Gasteiger partial charge in [-0.25, -0.2) is 4.98 Å². The monoisotopic (exact) mass is 358 g/mol. The fourth-order valence-electron chi connectivity index (χ4n) is 2.80. The molecule has 0 unspecified atom stereocenters. The van der Waals surface area contributed by atoms with Crippen molar-refractivity contribution in [1.82, 2.24) is 9.97 Å². The van der Waals surface area contributed by atoms with Gasteiger partial charge in [-0.1, -0.05) is 48.0 Å². The summed E-state index contributed by atoms with van der Waals surface area (Å²) in [7, 11) is 0. The zero-order valence-electron chi connectivity index (χ0n) is 12.7. The van der Waals surface area contributed by atoms with Crippen LogP contribution in [0.5, 0.6) is 0 Å². The van der Waals surface area contributed by atoms with Gasteiger partial charge in [0, 0.05) is 28.1 Å². The Morgan fingerprint density at radius 3 is 2.52 bits per heavy atom. The Balaban J connectivity index is 2.01. The molecule has 0 N–H and O–H groups in total. The van der Waals surface area contributed by atoms with E-state index in [1.807, 2.05) is 30.3 Å². The highest BCUT2D eigenvalue weighted by atomic mass is 35.5. The summed E-state index contributed by atoms with van der Waals surface area (Å²) in [5.41, 5.74) is 1.26. The van der Waals surface area contributed by atoms with Crippen LogP contribution in [0.25, 0.3) is 32.9 Å². The minimum atomic E-state index is -4.56. The first-order valence-electron chi connectivity index (χ1n) is 7.45. The summed E-state index contributed by atoms with van der Waals surface area (Å²) in [4.78, 5) is 8.20. The van der Waals surface area contributed by atoms with E-state index in [1.54, 1.807) is 24.4 Å². The van der Waals surface area contributed by atoms with Crippen LogP contribution in [0.2, 0.25) is 5.02 Å². The van der Waals surface area contributed by atoms with Crippen molar-refractivity contribution in [3.63, 3.8) is 0 Å². The number of para-hydroxylation sites is 2. The van der Waals surface area contributed by atoms with Gasteiger partial charge in [-0.15, -0.1) is 0 Å². The van der Waals surface area contributed by atoms with E-state index in [-0.39, 0.29) is 10.5 Å². The Labute approximate surface area is 145 Å². The molecule has 0 saturated carbocycles. The summed E-state index contributed by atoms with van der Waals surface area (Å²) in [6.07, 6.45) is -2.93. The van der Waals surface area contributed by atoms with Crippen LogP contribution >= 0.6 is 11.6 Å². The third-order valence-corrected chi connectivity index (χ3v) is 4.29. The third kappa shape index (κ3) is 2.81. The zero-order valence-corrected chi connectivity index (χ0v) is 13.4. The average Bonchev–Trinajstić information content (AvgIpc) is 2.60. The molecule has 0 aliphatic heterocycles. The van der Waals surface area contributed by atoms with Gasteiger partial charge in [0.2, 0.25) is 0 Å². The van der Waals surface area contributed by atoms with Gasteiger partial charge in [0.1, 0.15) is 5.69 Å². The maximum absolute atomic E-state index is 13.1. The van der Waals surface area contributed by atoms with Gasteiger partial charge >= 0.3 is 6.18 Å². The molecule has 4 aromatic rings. The second-order valence-corrected chi connectivity index (χ2v) is 6.01. The van der Waals surface area contributed by atoms with Crippen LogP contribution in [0.4, 0.5) is 13.2 Å². The van der Waals surface area contributed by atoms with Crippen LogP contribution in [0.1, 0.15) is 5.69 Å². The number of fused-ring (bicyclic) bond motifs is 2. The van der Waals surface area contributed by atoms with Gasteiger partial charge < -0.3 is 0 Å². The van der Waals surface area contributed by atoms with E-state index in [0.717, 1.165) is 17.0 Å². The smallest absolute Gasteiger partial charge is 0.256 e. The number of rotatable bonds is 1. The lowest BCUT2D eigenvalue weighted by Gasteiger charge is -2.12. The Hall–Kier alpha value is -2.66. The average molecular weight is 359 g/mol. The molecule has 0 bridgehead atoms.